The number of anilines is 1. The zero-order valence-corrected chi connectivity index (χ0v) is 17.4. The molecule has 150 valence electrons. The van der Waals surface area contributed by atoms with E-state index in [1.807, 2.05) is 6.92 Å². The fraction of sp³-hybridized carbons (Fsp3) is 0.474. The van der Waals surface area contributed by atoms with E-state index in [0.717, 1.165) is 34.8 Å². The lowest BCUT2D eigenvalue weighted by Gasteiger charge is -2.30. The summed E-state index contributed by atoms with van der Waals surface area (Å²) in [7, 11) is 0. The van der Waals surface area contributed by atoms with Gasteiger partial charge in [0.25, 0.3) is 5.19 Å². The van der Waals surface area contributed by atoms with Gasteiger partial charge in [-0.05, 0) is 18.9 Å². The van der Waals surface area contributed by atoms with Crippen LogP contribution in [0, 0.1) is 29.6 Å². The number of thiazole rings is 1. The Balaban J connectivity index is 1.53. The summed E-state index contributed by atoms with van der Waals surface area (Å²) in [5.74, 6) is 0.574. The molecule has 2 aromatic rings. The van der Waals surface area contributed by atoms with Crippen molar-refractivity contribution in [1.82, 2.24) is 14.9 Å². The molecular formula is C19H19ClN6O2S. The molecule has 0 bridgehead atoms. The summed E-state index contributed by atoms with van der Waals surface area (Å²) in [6, 6.07) is 4.23. The minimum absolute atomic E-state index is 0.101. The summed E-state index contributed by atoms with van der Waals surface area (Å²) >= 11 is 7.76. The van der Waals surface area contributed by atoms with Crippen molar-refractivity contribution in [2.45, 2.75) is 32.5 Å². The average molecular weight is 431 g/mol. The third kappa shape index (κ3) is 4.14. The molecular weight excluding hydrogens is 412 g/mol. The Morgan fingerprint density at radius 1 is 1.34 bits per heavy atom. The molecule has 2 aliphatic heterocycles. The van der Waals surface area contributed by atoms with Crippen LogP contribution in [-0.2, 0) is 24.2 Å². The number of hydrogen-bond donors (Lipinski definition) is 1. The highest BCUT2D eigenvalue weighted by atomic mass is 35.5. The molecule has 0 atom stereocenters. The SMILES string of the molecule is Cc1nc(OC2COC2)sc1CN1CCc2c(C#N)c(Cl)nc(NCC#N)c2C1. The first kappa shape index (κ1) is 19.9. The molecule has 0 amide bonds. The summed E-state index contributed by atoms with van der Waals surface area (Å²) in [4.78, 5) is 12.3. The van der Waals surface area contributed by atoms with Gasteiger partial charge >= 0.3 is 0 Å². The molecule has 0 saturated carbocycles. The van der Waals surface area contributed by atoms with E-state index >= 15 is 0 Å². The van der Waals surface area contributed by atoms with Crippen LogP contribution < -0.4 is 10.1 Å². The number of nitrogens with zero attached hydrogens (tertiary/aromatic N) is 5. The Morgan fingerprint density at radius 2 is 2.17 bits per heavy atom. The van der Waals surface area contributed by atoms with Crippen LogP contribution in [0.1, 0.15) is 27.3 Å². The maximum Gasteiger partial charge on any atom is 0.274 e. The highest BCUT2D eigenvalue weighted by Crippen LogP contribution is 2.34. The summed E-state index contributed by atoms with van der Waals surface area (Å²) in [5, 5.41) is 22.3. The molecule has 2 aliphatic rings. The third-order valence-corrected chi connectivity index (χ3v) is 6.30. The van der Waals surface area contributed by atoms with Crippen molar-refractivity contribution in [3.8, 4) is 17.3 Å². The van der Waals surface area contributed by atoms with Crippen molar-refractivity contribution in [2.75, 3.05) is 31.6 Å². The zero-order chi connectivity index (χ0) is 20.4. The first-order valence-corrected chi connectivity index (χ1v) is 10.4. The largest absolute Gasteiger partial charge is 0.462 e. The van der Waals surface area contributed by atoms with Gasteiger partial charge in [-0.1, -0.05) is 22.9 Å². The van der Waals surface area contributed by atoms with Crippen molar-refractivity contribution in [1.29, 1.82) is 10.5 Å². The molecule has 0 unspecified atom stereocenters. The maximum absolute atomic E-state index is 9.49. The van der Waals surface area contributed by atoms with Crippen molar-refractivity contribution in [3.05, 3.63) is 32.4 Å². The molecule has 1 fully saturated rings. The predicted molar refractivity (Wildman–Crippen MR) is 108 cm³/mol. The lowest BCUT2D eigenvalue weighted by Crippen LogP contribution is -2.38. The van der Waals surface area contributed by atoms with Crippen LogP contribution in [0.15, 0.2) is 0 Å². The Hall–Kier alpha value is -2.43. The number of pyridine rings is 1. The predicted octanol–water partition coefficient (Wildman–Crippen LogP) is 2.64. The Labute approximate surface area is 177 Å². The molecule has 4 heterocycles. The number of aromatic nitrogens is 2. The van der Waals surface area contributed by atoms with Gasteiger partial charge in [0, 0.05) is 30.1 Å². The fourth-order valence-corrected chi connectivity index (χ4v) is 4.66. The normalized spacial score (nSPS) is 16.4. The lowest BCUT2D eigenvalue weighted by atomic mass is 9.96. The number of nitrogens with one attached hydrogen (secondary N) is 1. The molecule has 2 aromatic heterocycles. The summed E-state index contributed by atoms with van der Waals surface area (Å²) in [6.07, 6.45) is 0.798. The highest BCUT2D eigenvalue weighted by molar-refractivity contribution is 7.13. The first-order chi connectivity index (χ1) is 14.1. The van der Waals surface area contributed by atoms with E-state index in [4.69, 9.17) is 26.3 Å². The van der Waals surface area contributed by atoms with Gasteiger partial charge in [-0.3, -0.25) is 4.90 Å². The summed E-state index contributed by atoms with van der Waals surface area (Å²) < 4.78 is 11.0. The van der Waals surface area contributed by atoms with Gasteiger partial charge in [0.2, 0.25) is 0 Å². The molecule has 0 aromatic carbocycles. The molecule has 1 saturated heterocycles. The Morgan fingerprint density at radius 3 is 2.86 bits per heavy atom. The zero-order valence-electron chi connectivity index (χ0n) is 15.9. The fourth-order valence-electron chi connectivity index (χ4n) is 3.40. The molecule has 0 spiro atoms. The van der Waals surface area contributed by atoms with Crippen LogP contribution in [0.25, 0.3) is 0 Å². The molecule has 0 radical (unpaired) electrons. The van der Waals surface area contributed by atoms with Crippen molar-refractivity contribution in [3.63, 3.8) is 0 Å². The summed E-state index contributed by atoms with van der Waals surface area (Å²) in [6.45, 7) is 5.49. The van der Waals surface area contributed by atoms with Crippen LogP contribution in [-0.4, -0.2) is 47.3 Å². The van der Waals surface area contributed by atoms with Gasteiger partial charge in [0.15, 0.2) is 0 Å². The smallest absolute Gasteiger partial charge is 0.274 e. The van der Waals surface area contributed by atoms with Gasteiger partial charge in [0.1, 0.15) is 29.7 Å². The Kier molecular flexibility index (Phi) is 5.84. The van der Waals surface area contributed by atoms with Gasteiger partial charge in [-0.15, -0.1) is 0 Å². The highest BCUT2D eigenvalue weighted by Gasteiger charge is 2.27. The number of rotatable bonds is 6. The van der Waals surface area contributed by atoms with E-state index in [0.29, 0.717) is 42.8 Å². The van der Waals surface area contributed by atoms with Gasteiger partial charge in [-0.25, -0.2) is 9.97 Å². The quantitative estimate of drug-likeness (QED) is 0.550. The molecule has 10 heteroatoms. The maximum atomic E-state index is 9.49. The van der Waals surface area contributed by atoms with Crippen LogP contribution in [0.4, 0.5) is 5.82 Å². The molecule has 29 heavy (non-hydrogen) atoms. The molecule has 4 rings (SSSR count). The first-order valence-electron chi connectivity index (χ1n) is 9.24. The number of nitriles is 2. The Bertz CT molecular complexity index is 1010. The van der Waals surface area contributed by atoms with Crippen LogP contribution in [0.3, 0.4) is 0 Å². The van der Waals surface area contributed by atoms with Crippen molar-refractivity contribution < 1.29 is 9.47 Å². The van der Waals surface area contributed by atoms with Crippen LogP contribution in [0.2, 0.25) is 5.15 Å². The standard InChI is InChI=1S/C19H19ClN6O2S/c1-11-16(29-19(24-11)28-12-9-27-10-12)8-26-5-2-13-14(6-22)17(20)25-18(15(13)7-26)23-4-3-21/h12H,2,4-5,7-10H2,1H3,(H,23,25). The van der Waals surface area contributed by atoms with E-state index in [2.05, 4.69) is 32.3 Å². The minimum Gasteiger partial charge on any atom is -0.462 e. The number of aryl methyl sites for hydroxylation is 1. The minimum atomic E-state index is 0.101. The number of hydrogen-bond acceptors (Lipinski definition) is 9. The van der Waals surface area contributed by atoms with Crippen LogP contribution >= 0.6 is 22.9 Å². The topological polar surface area (TPSA) is 107 Å². The molecule has 1 N–H and O–H groups in total. The van der Waals surface area contributed by atoms with E-state index in [1.54, 1.807) is 11.3 Å². The van der Waals surface area contributed by atoms with E-state index in [1.165, 1.54) is 0 Å². The van der Waals surface area contributed by atoms with Gasteiger partial charge in [-0.2, -0.15) is 10.5 Å². The van der Waals surface area contributed by atoms with Crippen molar-refractivity contribution >= 4 is 28.8 Å². The lowest BCUT2D eigenvalue weighted by molar-refractivity contribution is -0.0797. The molecule has 8 nitrogen and oxygen atoms in total. The van der Waals surface area contributed by atoms with Crippen molar-refractivity contribution in [2.24, 2.45) is 0 Å². The number of ether oxygens (including phenoxy) is 2. The van der Waals surface area contributed by atoms with Crippen LogP contribution in [0.5, 0.6) is 5.19 Å². The van der Waals surface area contributed by atoms with E-state index < -0.39 is 0 Å². The summed E-state index contributed by atoms with van der Waals surface area (Å²) in [5.41, 5.74) is 3.24. The second-order valence-corrected chi connectivity index (χ2v) is 8.34. The van der Waals surface area contributed by atoms with Gasteiger partial charge < -0.3 is 14.8 Å². The second kappa shape index (κ2) is 8.52. The van der Waals surface area contributed by atoms with E-state index in [9.17, 15) is 5.26 Å². The number of halogens is 1. The second-order valence-electron chi connectivity index (χ2n) is 6.93. The van der Waals surface area contributed by atoms with E-state index in [-0.39, 0.29) is 17.8 Å². The number of fused-ring (bicyclic) bond motifs is 1. The third-order valence-electron chi connectivity index (χ3n) is 4.99. The monoisotopic (exact) mass is 430 g/mol. The average Bonchev–Trinajstić information content (AvgIpc) is 3.02. The molecule has 0 aliphatic carbocycles. The van der Waals surface area contributed by atoms with Gasteiger partial charge in [0.05, 0.1) is 30.5 Å².